The topological polar surface area (TPSA) is 58.4 Å². The summed E-state index contributed by atoms with van der Waals surface area (Å²) in [6.07, 6.45) is 1.32. The van der Waals surface area contributed by atoms with Gasteiger partial charge in [-0.1, -0.05) is 54.6 Å². The van der Waals surface area contributed by atoms with E-state index in [2.05, 4.69) is 22.1 Å². The summed E-state index contributed by atoms with van der Waals surface area (Å²) in [6, 6.07) is 22.4. The lowest BCUT2D eigenvalue weighted by atomic mass is 10.1. The molecule has 0 unspecified atom stereocenters. The summed E-state index contributed by atoms with van der Waals surface area (Å²) in [4.78, 5) is 19.0. The first-order valence-electron chi connectivity index (χ1n) is 11.0. The van der Waals surface area contributed by atoms with Crippen molar-refractivity contribution in [3.8, 4) is 0 Å². The number of amides is 1. The van der Waals surface area contributed by atoms with Crippen LogP contribution in [0.25, 0.3) is 0 Å². The van der Waals surface area contributed by atoms with E-state index in [9.17, 15) is 13.6 Å². The lowest BCUT2D eigenvalue weighted by Gasteiger charge is -2.28. The highest BCUT2D eigenvalue weighted by Gasteiger charge is 2.20. The molecule has 174 valence electrons. The number of benzene rings is 3. The molecule has 0 fully saturated rings. The summed E-state index contributed by atoms with van der Waals surface area (Å²) in [5.41, 5.74) is 2.86. The molecule has 1 aromatic heterocycles. The van der Waals surface area contributed by atoms with E-state index in [-0.39, 0.29) is 35.8 Å². The Morgan fingerprint density at radius 2 is 1.71 bits per heavy atom. The van der Waals surface area contributed by atoms with Gasteiger partial charge in [0.25, 0.3) is 5.91 Å². The van der Waals surface area contributed by atoms with Gasteiger partial charge in [-0.05, 0) is 47.9 Å². The fourth-order valence-corrected chi connectivity index (χ4v) is 3.68. The average Bonchev–Trinajstić information content (AvgIpc) is 3.32. The van der Waals surface area contributed by atoms with Crippen LogP contribution in [0.3, 0.4) is 0 Å². The Hall–Kier alpha value is -3.84. The molecule has 5 nitrogen and oxygen atoms in total. The molecule has 1 amide bonds. The van der Waals surface area contributed by atoms with Crippen LogP contribution in [0.15, 0.2) is 89.5 Å². The van der Waals surface area contributed by atoms with Crippen molar-refractivity contribution < 1.29 is 18.0 Å². The smallest absolute Gasteiger partial charge is 0.273 e. The number of nitrogens with zero attached hydrogens (tertiary/aromatic N) is 2. The second kappa shape index (κ2) is 10.9. The fraction of sp³-hybridized carbons (Fsp3) is 0.185. The first kappa shape index (κ1) is 23.3. The third kappa shape index (κ3) is 6.14. The predicted octanol–water partition coefficient (Wildman–Crippen LogP) is 5.65. The van der Waals surface area contributed by atoms with Crippen molar-refractivity contribution in [1.29, 1.82) is 0 Å². The Kier molecular flexibility index (Phi) is 7.44. The summed E-state index contributed by atoms with van der Waals surface area (Å²) in [5, 5.41) is 2.76. The maximum Gasteiger partial charge on any atom is 0.273 e. The van der Waals surface area contributed by atoms with Gasteiger partial charge in [-0.25, -0.2) is 13.8 Å². The molecule has 7 heteroatoms. The van der Waals surface area contributed by atoms with Crippen molar-refractivity contribution in [1.82, 2.24) is 15.2 Å². The lowest BCUT2D eigenvalue weighted by Crippen LogP contribution is -2.27. The maximum absolute atomic E-state index is 13.8. The number of carbonyl (C=O) groups excluding carboxylic acids is 1. The number of nitrogens with one attached hydrogen (secondary N) is 1. The molecule has 1 heterocycles. The molecule has 0 saturated heterocycles. The van der Waals surface area contributed by atoms with E-state index >= 15 is 0 Å². The molecule has 0 aliphatic rings. The van der Waals surface area contributed by atoms with Gasteiger partial charge in [0.15, 0.2) is 5.69 Å². The molecule has 0 saturated carbocycles. The normalized spacial score (nSPS) is 12.0. The standard InChI is InChI=1S/C27H25F2N3O2/c1-19(22-7-3-2-4-8-22)32(16-21-6-5-9-24(29)14-21)17-26-31-25(18-34-26)27(33)30-15-20-10-12-23(28)13-11-20/h2-14,18-19H,15-17H2,1H3,(H,30,33)/t19-/m1/s1. The number of halogens is 2. The molecule has 34 heavy (non-hydrogen) atoms. The van der Waals surface area contributed by atoms with Gasteiger partial charge in [0.1, 0.15) is 17.9 Å². The molecule has 1 atom stereocenters. The minimum atomic E-state index is -0.382. The van der Waals surface area contributed by atoms with Crippen molar-refractivity contribution in [3.63, 3.8) is 0 Å². The number of hydrogen-bond donors (Lipinski definition) is 1. The second-order valence-electron chi connectivity index (χ2n) is 8.06. The minimum Gasteiger partial charge on any atom is -0.447 e. The Bertz CT molecular complexity index is 1230. The van der Waals surface area contributed by atoms with Crippen LogP contribution in [0, 0.1) is 11.6 Å². The van der Waals surface area contributed by atoms with Gasteiger partial charge in [0, 0.05) is 19.1 Å². The highest BCUT2D eigenvalue weighted by atomic mass is 19.1. The number of rotatable bonds is 9. The molecule has 4 aromatic rings. The zero-order chi connectivity index (χ0) is 23.9. The predicted molar refractivity (Wildman–Crippen MR) is 125 cm³/mol. The van der Waals surface area contributed by atoms with Crippen LogP contribution in [0.4, 0.5) is 8.78 Å². The third-order valence-electron chi connectivity index (χ3n) is 5.59. The van der Waals surface area contributed by atoms with Crippen LogP contribution in [-0.4, -0.2) is 15.8 Å². The monoisotopic (exact) mass is 461 g/mol. The molecule has 3 aromatic carbocycles. The summed E-state index contributed by atoms with van der Waals surface area (Å²) < 4.78 is 32.4. The molecule has 0 aliphatic heterocycles. The van der Waals surface area contributed by atoms with Crippen LogP contribution in [-0.2, 0) is 19.6 Å². The zero-order valence-electron chi connectivity index (χ0n) is 18.7. The SMILES string of the molecule is C[C@H](c1ccccc1)N(Cc1cccc(F)c1)Cc1nc(C(=O)NCc2ccc(F)cc2)co1. The average molecular weight is 462 g/mol. The van der Waals surface area contributed by atoms with Crippen LogP contribution in [0.5, 0.6) is 0 Å². The van der Waals surface area contributed by atoms with Gasteiger partial charge in [-0.15, -0.1) is 0 Å². The third-order valence-corrected chi connectivity index (χ3v) is 5.59. The number of aromatic nitrogens is 1. The van der Waals surface area contributed by atoms with E-state index in [1.165, 1.54) is 30.5 Å². The van der Waals surface area contributed by atoms with Crippen LogP contribution < -0.4 is 5.32 Å². The molecule has 0 radical (unpaired) electrons. The van der Waals surface area contributed by atoms with Crippen LogP contribution in [0.1, 0.15) is 46.0 Å². The molecule has 0 bridgehead atoms. The van der Waals surface area contributed by atoms with Crippen molar-refractivity contribution in [2.75, 3.05) is 0 Å². The Labute approximate surface area is 197 Å². The molecule has 0 spiro atoms. The Balaban J connectivity index is 1.46. The van der Waals surface area contributed by atoms with E-state index in [4.69, 9.17) is 4.42 Å². The van der Waals surface area contributed by atoms with Gasteiger partial charge in [-0.3, -0.25) is 9.69 Å². The number of hydrogen-bond acceptors (Lipinski definition) is 4. The van der Waals surface area contributed by atoms with E-state index in [1.807, 2.05) is 36.4 Å². The summed E-state index contributed by atoms with van der Waals surface area (Å²) >= 11 is 0. The largest absolute Gasteiger partial charge is 0.447 e. The van der Waals surface area contributed by atoms with E-state index in [0.29, 0.717) is 19.0 Å². The number of oxazole rings is 1. The molecule has 4 rings (SSSR count). The fourth-order valence-electron chi connectivity index (χ4n) is 3.68. The lowest BCUT2D eigenvalue weighted by molar-refractivity contribution is 0.0945. The number of carbonyl (C=O) groups is 1. The highest BCUT2D eigenvalue weighted by Crippen LogP contribution is 2.24. The van der Waals surface area contributed by atoms with Gasteiger partial charge in [0.2, 0.25) is 5.89 Å². The van der Waals surface area contributed by atoms with E-state index < -0.39 is 0 Å². The van der Waals surface area contributed by atoms with Crippen molar-refractivity contribution in [3.05, 3.63) is 125 Å². The Morgan fingerprint density at radius 3 is 2.44 bits per heavy atom. The van der Waals surface area contributed by atoms with Crippen LogP contribution >= 0.6 is 0 Å². The van der Waals surface area contributed by atoms with Crippen LogP contribution in [0.2, 0.25) is 0 Å². The first-order valence-corrected chi connectivity index (χ1v) is 11.0. The van der Waals surface area contributed by atoms with Crippen molar-refractivity contribution in [2.24, 2.45) is 0 Å². The molecular formula is C27H25F2N3O2. The highest BCUT2D eigenvalue weighted by molar-refractivity contribution is 5.91. The van der Waals surface area contributed by atoms with Crippen molar-refractivity contribution >= 4 is 5.91 Å². The second-order valence-corrected chi connectivity index (χ2v) is 8.06. The summed E-state index contributed by atoms with van der Waals surface area (Å²) in [7, 11) is 0. The Morgan fingerprint density at radius 1 is 0.941 bits per heavy atom. The summed E-state index contributed by atoms with van der Waals surface area (Å²) in [5.74, 6) is -0.622. The van der Waals surface area contributed by atoms with Crippen molar-refractivity contribution in [2.45, 2.75) is 32.6 Å². The molecule has 0 aliphatic carbocycles. The molecule has 1 N–H and O–H groups in total. The first-order chi connectivity index (χ1) is 16.5. The minimum absolute atomic E-state index is 0.00730. The van der Waals surface area contributed by atoms with E-state index in [1.54, 1.807) is 18.2 Å². The summed E-state index contributed by atoms with van der Waals surface area (Å²) in [6.45, 7) is 3.12. The zero-order valence-corrected chi connectivity index (χ0v) is 18.7. The van der Waals surface area contributed by atoms with Gasteiger partial charge < -0.3 is 9.73 Å². The van der Waals surface area contributed by atoms with E-state index in [0.717, 1.165) is 16.7 Å². The van der Waals surface area contributed by atoms with Gasteiger partial charge >= 0.3 is 0 Å². The maximum atomic E-state index is 13.8. The van der Waals surface area contributed by atoms with Gasteiger partial charge in [0.05, 0.1) is 6.54 Å². The molecular weight excluding hydrogens is 436 g/mol. The van der Waals surface area contributed by atoms with Gasteiger partial charge in [-0.2, -0.15) is 0 Å². The quantitative estimate of drug-likeness (QED) is 0.350.